The number of hydrogen-bond acceptors (Lipinski definition) is 4. The van der Waals surface area contributed by atoms with Gasteiger partial charge in [-0.15, -0.1) is 6.58 Å². The van der Waals surface area contributed by atoms with E-state index in [4.69, 9.17) is 9.79 Å². The Morgan fingerprint density at radius 2 is 1.31 bits per heavy atom. The molecule has 29 heavy (non-hydrogen) atoms. The van der Waals surface area contributed by atoms with Crippen molar-refractivity contribution >= 4 is 15.6 Å². The summed E-state index contributed by atoms with van der Waals surface area (Å²) >= 11 is 0. The van der Waals surface area contributed by atoms with Crippen molar-refractivity contribution in [3.8, 4) is 0 Å². The van der Waals surface area contributed by atoms with E-state index < -0.39 is 15.6 Å². The van der Waals surface area contributed by atoms with E-state index in [0.717, 1.165) is 50.5 Å². The van der Waals surface area contributed by atoms with Crippen molar-refractivity contribution < 1.29 is 32.6 Å². The van der Waals surface area contributed by atoms with Gasteiger partial charge in [0.15, 0.2) is 0 Å². The van der Waals surface area contributed by atoms with Gasteiger partial charge in [-0.2, -0.15) is 4.31 Å². The number of phosphoric ester groups is 1. The molecule has 0 aromatic rings. The lowest BCUT2D eigenvalue weighted by atomic mass is 10.0. The maximum atomic E-state index is 11.3. The van der Waals surface area contributed by atoms with E-state index in [0.29, 0.717) is 0 Å². The van der Waals surface area contributed by atoms with Crippen LogP contribution in [0.4, 0.5) is 0 Å². The molecule has 0 radical (unpaired) electrons. The summed E-state index contributed by atoms with van der Waals surface area (Å²) in [5, 5.41) is 0. The van der Waals surface area contributed by atoms with Gasteiger partial charge in [-0.1, -0.05) is 40.5 Å². The van der Waals surface area contributed by atoms with Crippen molar-refractivity contribution in [3.05, 3.63) is 47.1 Å². The Hall–Kier alpha value is -0.780. The Labute approximate surface area is 175 Å². The molecule has 0 saturated heterocycles. The second-order valence-electron chi connectivity index (χ2n) is 7.38. The van der Waals surface area contributed by atoms with Crippen LogP contribution in [-0.4, -0.2) is 21.3 Å². The normalized spacial score (nSPS) is 16.0. The minimum Gasteiger partial charge on any atom is -0.302 e. The van der Waals surface area contributed by atoms with Gasteiger partial charge >= 0.3 is 15.6 Å². The van der Waals surface area contributed by atoms with Crippen molar-refractivity contribution in [2.24, 2.45) is 0 Å². The minimum atomic E-state index is -5.08. The van der Waals surface area contributed by atoms with Gasteiger partial charge in [0.2, 0.25) is 0 Å². The molecule has 9 heteroatoms. The van der Waals surface area contributed by atoms with E-state index in [9.17, 15) is 14.0 Å². The highest BCUT2D eigenvalue weighted by Crippen LogP contribution is 2.57. The Morgan fingerprint density at radius 1 is 0.828 bits per heavy atom. The predicted molar refractivity (Wildman–Crippen MR) is 117 cm³/mol. The highest BCUT2D eigenvalue weighted by Gasteiger charge is 2.31. The summed E-state index contributed by atoms with van der Waals surface area (Å²) in [7, 11) is -9.85. The highest BCUT2D eigenvalue weighted by atomic mass is 31.3. The van der Waals surface area contributed by atoms with Crippen LogP contribution in [0.25, 0.3) is 0 Å². The molecule has 0 saturated carbocycles. The lowest BCUT2D eigenvalue weighted by Crippen LogP contribution is -1.94. The molecule has 0 heterocycles. The molecule has 0 aliphatic heterocycles. The lowest BCUT2D eigenvalue weighted by Gasteiger charge is -2.11. The van der Waals surface area contributed by atoms with Crippen LogP contribution in [-0.2, 0) is 18.0 Å². The second-order valence-corrected chi connectivity index (χ2v) is 10.2. The first kappa shape index (κ1) is 28.2. The molecule has 0 amide bonds. The summed E-state index contributed by atoms with van der Waals surface area (Å²) in [6.45, 7) is 11.8. The third kappa shape index (κ3) is 19.0. The third-order valence-corrected chi connectivity index (χ3v) is 6.27. The molecule has 0 fully saturated rings. The van der Waals surface area contributed by atoms with Crippen LogP contribution in [0, 0.1) is 0 Å². The molecule has 168 valence electrons. The standard InChI is InChI=1S/C20H36O7P2/c1-17(2)9-6-10-18(3)11-7-12-19(4)13-8-14-20(5)15-16-26-29(24,25)27-28(21,22)23/h11,13,15H,1,6-10,12,14,16H2,2-5H3,(H,24,25)(H2,21,22,23)/b18-11+,19-13+,20-15+. The van der Waals surface area contributed by atoms with Crippen LogP contribution in [0.1, 0.15) is 72.6 Å². The zero-order valence-electron chi connectivity index (χ0n) is 18.0. The van der Waals surface area contributed by atoms with Crippen LogP contribution >= 0.6 is 15.6 Å². The molecule has 0 rings (SSSR count). The molecular weight excluding hydrogens is 414 g/mol. The Morgan fingerprint density at radius 3 is 1.79 bits per heavy atom. The predicted octanol–water partition coefficient (Wildman–Crippen LogP) is 6.36. The average molecular weight is 450 g/mol. The van der Waals surface area contributed by atoms with E-state index >= 15 is 0 Å². The van der Waals surface area contributed by atoms with E-state index in [2.05, 4.69) is 48.3 Å². The van der Waals surface area contributed by atoms with Gasteiger partial charge in [-0.25, -0.2) is 9.13 Å². The maximum absolute atomic E-state index is 11.3. The van der Waals surface area contributed by atoms with Gasteiger partial charge in [0.05, 0.1) is 6.61 Å². The zero-order valence-corrected chi connectivity index (χ0v) is 19.8. The SMILES string of the molecule is C=C(C)CCC/C(C)=C/CC/C(C)=C/CC/C(C)=C/COP(=O)(O)OP(=O)(O)O. The molecule has 0 bridgehead atoms. The fourth-order valence-electron chi connectivity index (χ4n) is 2.50. The Kier molecular flexibility index (Phi) is 13.9. The number of allylic oxidation sites excluding steroid dienone is 6. The number of hydrogen-bond donors (Lipinski definition) is 3. The fourth-order valence-corrected chi connectivity index (χ4v) is 4.03. The van der Waals surface area contributed by atoms with Gasteiger partial charge in [0, 0.05) is 0 Å². The molecule has 3 N–H and O–H groups in total. The van der Waals surface area contributed by atoms with Crippen LogP contribution < -0.4 is 0 Å². The van der Waals surface area contributed by atoms with Crippen molar-refractivity contribution in [3.63, 3.8) is 0 Å². The summed E-state index contributed by atoms with van der Waals surface area (Å²) in [6, 6.07) is 0. The molecule has 1 atom stereocenters. The summed E-state index contributed by atoms with van der Waals surface area (Å²) in [5.41, 5.74) is 4.91. The van der Waals surface area contributed by atoms with Gasteiger partial charge in [0.1, 0.15) is 0 Å². The van der Waals surface area contributed by atoms with Crippen molar-refractivity contribution in [1.29, 1.82) is 0 Å². The molecule has 0 spiro atoms. The van der Waals surface area contributed by atoms with Crippen LogP contribution in [0.5, 0.6) is 0 Å². The maximum Gasteiger partial charge on any atom is 0.481 e. The summed E-state index contributed by atoms with van der Waals surface area (Å²) in [6.07, 6.45) is 13.0. The first-order chi connectivity index (χ1) is 13.3. The summed E-state index contributed by atoms with van der Waals surface area (Å²) < 4.78 is 30.1. The second kappa shape index (κ2) is 14.3. The highest BCUT2D eigenvalue weighted by molar-refractivity contribution is 7.60. The van der Waals surface area contributed by atoms with E-state index in [-0.39, 0.29) is 6.61 Å². The Bertz CT molecular complexity index is 702. The van der Waals surface area contributed by atoms with Crippen molar-refractivity contribution in [2.45, 2.75) is 72.6 Å². The lowest BCUT2D eigenvalue weighted by molar-refractivity contribution is 0.191. The van der Waals surface area contributed by atoms with Gasteiger partial charge in [-0.05, 0) is 72.6 Å². The van der Waals surface area contributed by atoms with Gasteiger partial charge in [-0.3, -0.25) is 4.52 Å². The van der Waals surface area contributed by atoms with Crippen LogP contribution in [0.15, 0.2) is 47.1 Å². The van der Waals surface area contributed by atoms with Crippen molar-refractivity contribution in [1.82, 2.24) is 0 Å². The van der Waals surface area contributed by atoms with Crippen molar-refractivity contribution in [2.75, 3.05) is 6.61 Å². The molecule has 0 aromatic carbocycles. The van der Waals surface area contributed by atoms with E-state index in [1.165, 1.54) is 16.7 Å². The molecule has 0 aromatic heterocycles. The first-order valence-electron chi connectivity index (χ1n) is 9.66. The number of phosphoric acid groups is 2. The fraction of sp³-hybridized carbons (Fsp3) is 0.600. The molecule has 7 nitrogen and oxygen atoms in total. The quantitative estimate of drug-likeness (QED) is 0.196. The Balaban J connectivity index is 4.17. The first-order valence-corrected chi connectivity index (χ1v) is 12.7. The topological polar surface area (TPSA) is 113 Å². The van der Waals surface area contributed by atoms with Gasteiger partial charge in [0.25, 0.3) is 0 Å². The zero-order chi connectivity index (χ0) is 22.5. The minimum absolute atomic E-state index is 0.266. The van der Waals surface area contributed by atoms with E-state index in [1.807, 2.05) is 6.92 Å². The summed E-state index contributed by atoms with van der Waals surface area (Å²) in [5.74, 6) is 0. The monoisotopic (exact) mass is 450 g/mol. The molecule has 1 unspecified atom stereocenters. The largest absolute Gasteiger partial charge is 0.481 e. The summed E-state index contributed by atoms with van der Waals surface area (Å²) in [4.78, 5) is 26.2. The van der Waals surface area contributed by atoms with Crippen LogP contribution in [0.3, 0.4) is 0 Å². The third-order valence-electron chi connectivity index (χ3n) is 4.12. The smallest absolute Gasteiger partial charge is 0.302 e. The van der Waals surface area contributed by atoms with Crippen LogP contribution in [0.2, 0.25) is 0 Å². The molecule has 0 aliphatic rings. The molecule has 0 aliphatic carbocycles. The number of rotatable bonds is 15. The van der Waals surface area contributed by atoms with Gasteiger partial charge < -0.3 is 14.7 Å². The molecular formula is C20H36O7P2. The average Bonchev–Trinajstić information content (AvgIpc) is 2.51. The van der Waals surface area contributed by atoms with E-state index in [1.54, 1.807) is 6.08 Å².